The summed E-state index contributed by atoms with van der Waals surface area (Å²) in [6, 6.07) is 8.64. The SMILES string of the molecule is COc1ccc(/C=C/C(=O)OCC(=O)c2ccc(CNC(=O)C(C)(C)C)s2)c(OC)c1. The van der Waals surface area contributed by atoms with Crippen LogP contribution >= 0.6 is 11.3 Å². The topological polar surface area (TPSA) is 90.9 Å². The summed E-state index contributed by atoms with van der Waals surface area (Å²) in [5.74, 6) is 0.171. The van der Waals surface area contributed by atoms with Gasteiger partial charge in [-0.05, 0) is 30.3 Å². The van der Waals surface area contributed by atoms with Crippen molar-refractivity contribution in [3.05, 3.63) is 51.7 Å². The molecule has 8 heteroatoms. The number of amides is 1. The smallest absolute Gasteiger partial charge is 0.331 e. The van der Waals surface area contributed by atoms with E-state index < -0.39 is 11.4 Å². The van der Waals surface area contributed by atoms with Gasteiger partial charge < -0.3 is 19.5 Å². The fraction of sp³-hybridized carbons (Fsp3) is 0.348. The fourth-order valence-corrected chi connectivity index (χ4v) is 3.30. The molecule has 2 aromatic rings. The van der Waals surface area contributed by atoms with Crippen LogP contribution in [0.5, 0.6) is 11.5 Å². The Morgan fingerprint density at radius 2 is 1.81 bits per heavy atom. The van der Waals surface area contributed by atoms with Gasteiger partial charge in [0.1, 0.15) is 11.5 Å². The van der Waals surface area contributed by atoms with E-state index in [1.54, 1.807) is 43.5 Å². The Hall–Kier alpha value is -3.13. The van der Waals surface area contributed by atoms with Gasteiger partial charge in [-0.3, -0.25) is 9.59 Å². The number of rotatable bonds is 9. The third kappa shape index (κ3) is 7.25. The van der Waals surface area contributed by atoms with Gasteiger partial charge in [-0.1, -0.05) is 20.8 Å². The molecule has 0 aliphatic carbocycles. The van der Waals surface area contributed by atoms with E-state index in [4.69, 9.17) is 14.2 Å². The van der Waals surface area contributed by atoms with E-state index in [0.29, 0.717) is 28.5 Å². The lowest BCUT2D eigenvalue weighted by Crippen LogP contribution is -2.34. The van der Waals surface area contributed by atoms with Crippen molar-refractivity contribution in [2.45, 2.75) is 27.3 Å². The highest BCUT2D eigenvalue weighted by molar-refractivity contribution is 7.14. The van der Waals surface area contributed by atoms with Gasteiger partial charge in [0.15, 0.2) is 6.61 Å². The number of benzene rings is 1. The van der Waals surface area contributed by atoms with Crippen molar-refractivity contribution in [1.82, 2.24) is 5.32 Å². The Bertz CT molecular complexity index is 971. The molecule has 0 bridgehead atoms. The van der Waals surface area contributed by atoms with Crippen molar-refractivity contribution in [3.8, 4) is 11.5 Å². The monoisotopic (exact) mass is 445 g/mol. The molecule has 1 amide bonds. The van der Waals surface area contributed by atoms with Crippen LogP contribution in [0.3, 0.4) is 0 Å². The van der Waals surface area contributed by atoms with Crippen LogP contribution in [0, 0.1) is 5.41 Å². The molecule has 0 saturated heterocycles. The number of ketones is 1. The Kier molecular flexibility index (Phi) is 8.38. The van der Waals surface area contributed by atoms with E-state index in [-0.39, 0.29) is 18.3 Å². The van der Waals surface area contributed by atoms with Gasteiger partial charge in [-0.2, -0.15) is 0 Å². The lowest BCUT2D eigenvalue weighted by atomic mass is 9.96. The lowest BCUT2D eigenvalue weighted by Gasteiger charge is -2.17. The Morgan fingerprint density at radius 1 is 1.06 bits per heavy atom. The summed E-state index contributed by atoms with van der Waals surface area (Å²) in [5.41, 5.74) is 0.194. The van der Waals surface area contributed by atoms with Crippen LogP contribution < -0.4 is 14.8 Å². The van der Waals surface area contributed by atoms with Crippen LogP contribution in [0.4, 0.5) is 0 Å². The highest BCUT2D eigenvalue weighted by Gasteiger charge is 2.21. The Balaban J connectivity index is 1.87. The van der Waals surface area contributed by atoms with Gasteiger partial charge in [0.05, 0.1) is 25.6 Å². The van der Waals surface area contributed by atoms with Gasteiger partial charge in [0, 0.05) is 28.0 Å². The summed E-state index contributed by atoms with van der Waals surface area (Å²) in [5, 5.41) is 2.84. The summed E-state index contributed by atoms with van der Waals surface area (Å²) >= 11 is 1.26. The number of carbonyl (C=O) groups is 3. The van der Waals surface area contributed by atoms with Crippen LogP contribution in [0.25, 0.3) is 6.08 Å². The third-order valence-corrected chi connectivity index (χ3v) is 5.35. The van der Waals surface area contributed by atoms with Crippen molar-refractivity contribution < 1.29 is 28.6 Å². The Labute approximate surface area is 186 Å². The number of nitrogens with one attached hydrogen (secondary N) is 1. The van der Waals surface area contributed by atoms with E-state index in [9.17, 15) is 14.4 Å². The number of esters is 1. The zero-order valence-electron chi connectivity index (χ0n) is 18.3. The van der Waals surface area contributed by atoms with Crippen LogP contribution in [0.15, 0.2) is 36.4 Å². The maximum absolute atomic E-state index is 12.3. The van der Waals surface area contributed by atoms with Crippen LogP contribution in [-0.2, 0) is 20.9 Å². The molecule has 0 atom stereocenters. The number of carbonyl (C=O) groups excluding carboxylic acids is 3. The van der Waals surface area contributed by atoms with E-state index in [0.717, 1.165) is 4.88 Å². The van der Waals surface area contributed by atoms with Gasteiger partial charge in [-0.15, -0.1) is 11.3 Å². The average molecular weight is 446 g/mol. The van der Waals surface area contributed by atoms with E-state index >= 15 is 0 Å². The second-order valence-corrected chi connectivity index (χ2v) is 8.84. The first-order valence-electron chi connectivity index (χ1n) is 9.61. The molecule has 0 fully saturated rings. The third-order valence-electron chi connectivity index (χ3n) is 4.23. The normalized spacial score (nSPS) is 11.3. The molecule has 2 rings (SSSR count). The fourth-order valence-electron chi connectivity index (χ4n) is 2.43. The van der Waals surface area contributed by atoms with E-state index in [1.165, 1.54) is 24.5 Å². The van der Waals surface area contributed by atoms with Crippen LogP contribution in [0.1, 0.15) is 40.9 Å². The number of methoxy groups -OCH3 is 2. The molecule has 0 radical (unpaired) electrons. The molecule has 0 aliphatic rings. The minimum Gasteiger partial charge on any atom is -0.497 e. The Morgan fingerprint density at radius 3 is 2.45 bits per heavy atom. The zero-order valence-corrected chi connectivity index (χ0v) is 19.1. The summed E-state index contributed by atoms with van der Waals surface area (Å²) in [4.78, 5) is 37.5. The molecule has 166 valence electrons. The largest absolute Gasteiger partial charge is 0.497 e. The van der Waals surface area contributed by atoms with Crippen LogP contribution in [-0.4, -0.2) is 38.5 Å². The molecule has 1 N–H and O–H groups in total. The molecule has 1 heterocycles. The number of thiophene rings is 1. The zero-order chi connectivity index (χ0) is 23.0. The minimum atomic E-state index is -0.638. The minimum absolute atomic E-state index is 0.0667. The average Bonchev–Trinajstić information content (AvgIpc) is 3.22. The predicted octanol–water partition coefficient (Wildman–Crippen LogP) is 3.87. The summed E-state index contributed by atoms with van der Waals surface area (Å²) in [6.45, 7) is 5.48. The number of Topliss-reactive ketones (excluding diaryl/α,β-unsaturated/α-hetero) is 1. The van der Waals surface area contributed by atoms with Crippen molar-refractivity contribution >= 4 is 35.1 Å². The van der Waals surface area contributed by atoms with Crippen LogP contribution in [0.2, 0.25) is 0 Å². The number of hydrogen-bond donors (Lipinski definition) is 1. The number of ether oxygens (including phenoxy) is 3. The number of hydrogen-bond acceptors (Lipinski definition) is 7. The van der Waals surface area contributed by atoms with Gasteiger partial charge >= 0.3 is 5.97 Å². The standard InChI is InChI=1S/C23H27NO6S/c1-23(2,3)22(27)24-13-17-9-10-20(31-17)18(25)14-30-21(26)11-7-15-6-8-16(28-4)12-19(15)29-5/h6-12H,13-14H2,1-5H3,(H,24,27)/b11-7+. The lowest BCUT2D eigenvalue weighted by molar-refractivity contribution is -0.136. The van der Waals surface area contributed by atoms with Gasteiger partial charge in [0.25, 0.3) is 0 Å². The predicted molar refractivity (Wildman–Crippen MR) is 119 cm³/mol. The first-order chi connectivity index (χ1) is 14.6. The molecule has 0 unspecified atom stereocenters. The van der Waals surface area contributed by atoms with Gasteiger partial charge in [0.2, 0.25) is 11.7 Å². The quantitative estimate of drug-likeness (QED) is 0.358. The maximum atomic E-state index is 12.3. The second-order valence-electron chi connectivity index (χ2n) is 7.67. The first-order valence-corrected chi connectivity index (χ1v) is 10.4. The molecule has 0 aliphatic heterocycles. The summed E-state index contributed by atoms with van der Waals surface area (Å²) < 4.78 is 15.5. The van der Waals surface area contributed by atoms with Crippen molar-refractivity contribution in [2.75, 3.05) is 20.8 Å². The first kappa shape index (κ1) is 24.1. The molecular formula is C23H27NO6S. The molecular weight excluding hydrogens is 418 g/mol. The van der Waals surface area contributed by atoms with E-state index in [2.05, 4.69) is 5.32 Å². The molecule has 7 nitrogen and oxygen atoms in total. The maximum Gasteiger partial charge on any atom is 0.331 e. The molecule has 0 spiro atoms. The molecule has 31 heavy (non-hydrogen) atoms. The molecule has 1 aromatic carbocycles. The van der Waals surface area contributed by atoms with E-state index in [1.807, 2.05) is 20.8 Å². The molecule has 0 saturated carbocycles. The van der Waals surface area contributed by atoms with Crippen molar-refractivity contribution in [1.29, 1.82) is 0 Å². The summed E-state index contributed by atoms with van der Waals surface area (Å²) in [7, 11) is 3.07. The molecule has 1 aromatic heterocycles. The van der Waals surface area contributed by atoms with Gasteiger partial charge in [-0.25, -0.2) is 4.79 Å². The highest BCUT2D eigenvalue weighted by atomic mass is 32.1. The summed E-state index contributed by atoms with van der Waals surface area (Å²) in [6.07, 6.45) is 2.78. The van der Waals surface area contributed by atoms with Crippen molar-refractivity contribution in [3.63, 3.8) is 0 Å². The second kappa shape index (κ2) is 10.8. The highest BCUT2D eigenvalue weighted by Crippen LogP contribution is 2.25. The van der Waals surface area contributed by atoms with Crippen molar-refractivity contribution in [2.24, 2.45) is 5.41 Å².